The normalized spacial score (nSPS) is 12.4. The summed E-state index contributed by atoms with van der Waals surface area (Å²) in [6.07, 6.45) is 11.6. The van der Waals surface area contributed by atoms with Crippen LogP contribution in [0, 0.1) is 11.6 Å². The Morgan fingerprint density at radius 2 is 1.48 bits per heavy atom. The summed E-state index contributed by atoms with van der Waals surface area (Å²) in [4.78, 5) is 0. The first-order chi connectivity index (χ1) is 15.2. The van der Waals surface area contributed by atoms with Crippen molar-refractivity contribution in [3.63, 3.8) is 0 Å². The topological polar surface area (TPSA) is 18.5 Å². The molecule has 31 heavy (non-hydrogen) atoms. The lowest BCUT2D eigenvalue weighted by atomic mass is 9.85. The molecule has 2 aromatic carbocycles. The number of ether oxygens (including phenoxy) is 2. The van der Waals surface area contributed by atoms with Gasteiger partial charge in [-0.3, -0.25) is 0 Å². The number of halogens is 2. The zero-order chi connectivity index (χ0) is 22.1. The highest BCUT2D eigenvalue weighted by molar-refractivity contribution is 5.75. The van der Waals surface area contributed by atoms with Gasteiger partial charge in [0.15, 0.2) is 17.4 Å². The molecule has 0 radical (unpaired) electrons. The van der Waals surface area contributed by atoms with E-state index in [1.165, 1.54) is 38.2 Å². The minimum atomic E-state index is -0.616. The van der Waals surface area contributed by atoms with Crippen LogP contribution in [0.4, 0.5) is 8.78 Å². The van der Waals surface area contributed by atoms with Gasteiger partial charge in [-0.1, -0.05) is 64.9 Å². The lowest BCUT2D eigenvalue weighted by Gasteiger charge is -2.23. The van der Waals surface area contributed by atoms with Gasteiger partial charge >= 0.3 is 0 Å². The molecule has 0 amide bonds. The number of benzene rings is 2. The second-order valence-electron chi connectivity index (χ2n) is 8.52. The summed E-state index contributed by atoms with van der Waals surface area (Å²) in [5.74, 6) is -0.551. The molecule has 1 aliphatic carbocycles. The number of fused-ring (bicyclic) bond motifs is 3. The number of aryl methyl sites for hydroxylation is 1. The van der Waals surface area contributed by atoms with Crippen LogP contribution < -0.4 is 9.47 Å². The highest BCUT2D eigenvalue weighted by atomic mass is 19.1. The number of rotatable bonds is 13. The molecule has 0 saturated heterocycles. The fourth-order valence-corrected chi connectivity index (χ4v) is 4.28. The Morgan fingerprint density at radius 1 is 0.742 bits per heavy atom. The quantitative estimate of drug-likeness (QED) is 0.299. The molecular weight excluding hydrogens is 394 g/mol. The van der Waals surface area contributed by atoms with Gasteiger partial charge in [-0.05, 0) is 60.6 Å². The summed E-state index contributed by atoms with van der Waals surface area (Å²) < 4.78 is 41.1. The maximum atomic E-state index is 15.1. The van der Waals surface area contributed by atoms with Crippen LogP contribution >= 0.6 is 0 Å². The molecule has 0 atom stereocenters. The van der Waals surface area contributed by atoms with Crippen LogP contribution in [-0.2, 0) is 12.8 Å². The van der Waals surface area contributed by atoms with E-state index in [1.54, 1.807) is 0 Å². The average molecular weight is 431 g/mol. The minimum Gasteiger partial charge on any atom is -0.494 e. The van der Waals surface area contributed by atoms with Crippen LogP contribution in [0.3, 0.4) is 0 Å². The molecule has 0 heterocycles. The van der Waals surface area contributed by atoms with Crippen LogP contribution in [0.2, 0.25) is 0 Å². The molecule has 0 spiro atoms. The highest BCUT2D eigenvalue weighted by Gasteiger charge is 2.25. The van der Waals surface area contributed by atoms with E-state index in [-0.39, 0.29) is 5.75 Å². The standard InChI is InChI=1S/C27H36F2O2/c1-3-5-6-7-8-9-10-11-17-31-27-25(28)19-24-22-15-13-21(30-16-4-2)18-20(22)12-14-23(24)26(27)29/h13,15,18-19H,3-12,14,16-17H2,1-2H3. The Labute approximate surface area is 186 Å². The molecule has 4 heteroatoms. The smallest absolute Gasteiger partial charge is 0.191 e. The second kappa shape index (κ2) is 12.1. The maximum absolute atomic E-state index is 15.1. The first-order valence-corrected chi connectivity index (χ1v) is 12.1. The van der Waals surface area contributed by atoms with E-state index in [1.807, 2.05) is 18.2 Å². The van der Waals surface area contributed by atoms with Crippen molar-refractivity contribution in [1.82, 2.24) is 0 Å². The fraction of sp³-hybridized carbons (Fsp3) is 0.556. The van der Waals surface area contributed by atoms with Gasteiger partial charge < -0.3 is 9.47 Å². The van der Waals surface area contributed by atoms with E-state index in [0.717, 1.165) is 42.6 Å². The third-order valence-corrected chi connectivity index (χ3v) is 6.01. The van der Waals surface area contributed by atoms with E-state index in [2.05, 4.69) is 13.8 Å². The molecule has 0 bridgehead atoms. The first kappa shape index (κ1) is 23.6. The van der Waals surface area contributed by atoms with Gasteiger partial charge in [-0.25, -0.2) is 8.78 Å². The predicted molar refractivity (Wildman–Crippen MR) is 123 cm³/mol. The third kappa shape index (κ3) is 6.21. The maximum Gasteiger partial charge on any atom is 0.191 e. The van der Waals surface area contributed by atoms with E-state index < -0.39 is 11.6 Å². The van der Waals surface area contributed by atoms with Gasteiger partial charge in [0.2, 0.25) is 0 Å². The number of hydrogen-bond donors (Lipinski definition) is 0. The van der Waals surface area contributed by atoms with E-state index in [4.69, 9.17) is 9.47 Å². The Hall–Kier alpha value is -2.10. The van der Waals surface area contributed by atoms with Crippen LogP contribution in [-0.4, -0.2) is 13.2 Å². The van der Waals surface area contributed by atoms with Crippen molar-refractivity contribution in [3.8, 4) is 22.6 Å². The minimum absolute atomic E-state index is 0.215. The summed E-state index contributed by atoms with van der Waals surface area (Å²) in [7, 11) is 0. The summed E-state index contributed by atoms with van der Waals surface area (Å²) in [5, 5.41) is 0. The summed E-state index contributed by atoms with van der Waals surface area (Å²) >= 11 is 0. The largest absolute Gasteiger partial charge is 0.494 e. The lowest BCUT2D eigenvalue weighted by Crippen LogP contribution is -2.11. The molecule has 2 nitrogen and oxygen atoms in total. The van der Waals surface area contributed by atoms with Gasteiger partial charge in [0, 0.05) is 5.56 Å². The van der Waals surface area contributed by atoms with Gasteiger partial charge in [0.25, 0.3) is 0 Å². The third-order valence-electron chi connectivity index (χ3n) is 6.01. The van der Waals surface area contributed by atoms with Gasteiger partial charge in [0.1, 0.15) is 5.75 Å². The summed E-state index contributed by atoms with van der Waals surface area (Å²) in [5.41, 5.74) is 3.16. The van der Waals surface area contributed by atoms with Crippen molar-refractivity contribution < 1.29 is 18.3 Å². The van der Waals surface area contributed by atoms with E-state index in [9.17, 15) is 4.39 Å². The van der Waals surface area contributed by atoms with Gasteiger partial charge in [-0.2, -0.15) is 0 Å². The van der Waals surface area contributed by atoms with Crippen LogP contribution in [0.15, 0.2) is 24.3 Å². The molecule has 170 valence electrons. The Balaban J connectivity index is 1.60. The van der Waals surface area contributed by atoms with Crippen molar-refractivity contribution in [1.29, 1.82) is 0 Å². The Bertz CT molecular complexity index is 848. The number of unbranched alkanes of at least 4 members (excludes halogenated alkanes) is 7. The molecule has 0 unspecified atom stereocenters. The second-order valence-corrected chi connectivity index (χ2v) is 8.52. The van der Waals surface area contributed by atoms with Crippen LogP contribution in [0.1, 0.15) is 82.8 Å². The zero-order valence-corrected chi connectivity index (χ0v) is 19.1. The van der Waals surface area contributed by atoms with Crippen LogP contribution in [0.25, 0.3) is 11.1 Å². The molecule has 0 fully saturated rings. The van der Waals surface area contributed by atoms with Gasteiger partial charge in [0.05, 0.1) is 13.2 Å². The van der Waals surface area contributed by atoms with Crippen molar-refractivity contribution in [2.75, 3.05) is 13.2 Å². The van der Waals surface area contributed by atoms with Crippen molar-refractivity contribution in [3.05, 3.63) is 47.0 Å². The van der Waals surface area contributed by atoms with Crippen molar-refractivity contribution in [2.45, 2.75) is 84.5 Å². The molecular formula is C27H36F2O2. The Morgan fingerprint density at radius 3 is 2.23 bits per heavy atom. The monoisotopic (exact) mass is 430 g/mol. The average Bonchev–Trinajstić information content (AvgIpc) is 2.78. The molecule has 3 rings (SSSR count). The number of hydrogen-bond acceptors (Lipinski definition) is 2. The fourth-order valence-electron chi connectivity index (χ4n) is 4.28. The highest BCUT2D eigenvalue weighted by Crippen LogP contribution is 2.40. The predicted octanol–water partition coefficient (Wildman–Crippen LogP) is 8.04. The SMILES string of the molecule is CCCCCCCCCCOc1c(F)cc2c(c1F)CCc1cc(OCCC)ccc1-2. The first-order valence-electron chi connectivity index (χ1n) is 12.1. The van der Waals surface area contributed by atoms with Crippen LogP contribution in [0.5, 0.6) is 11.5 Å². The van der Waals surface area contributed by atoms with E-state index in [0.29, 0.717) is 37.2 Å². The summed E-state index contributed by atoms with van der Waals surface area (Å²) in [6.45, 7) is 5.30. The molecule has 1 aliphatic rings. The lowest BCUT2D eigenvalue weighted by molar-refractivity contribution is 0.274. The Kier molecular flexibility index (Phi) is 9.17. The molecule has 0 aliphatic heterocycles. The molecule has 0 saturated carbocycles. The zero-order valence-electron chi connectivity index (χ0n) is 19.1. The summed E-state index contributed by atoms with van der Waals surface area (Å²) in [6, 6.07) is 7.23. The van der Waals surface area contributed by atoms with Gasteiger partial charge in [-0.15, -0.1) is 0 Å². The molecule has 0 N–H and O–H groups in total. The van der Waals surface area contributed by atoms with E-state index >= 15 is 4.39 Å². The van der Waals surface area contributed by atoms with Crippen molar-refractivity contribution >= 4 is 0 Å². The molecule has 2 aromatic rings. The van der Waals surface area contributed by atoms with Crippen molar-refractivity contribution in [2.24, 2.45) is 0 Å². The molecule has 0 aromatic heterocycles.